The number of rotatable bonds is 15. The first-order chi connectivity index (χ1) is 20.0. The molecule has 0 N–H and O–H groups in total. The number of carbonyl (C=O) groups is 6. The summed E-state index contributed by atoms with van der Waals surface area (Å²) in [4.78, 5) is 72.1. The van der Waals surface area contributed by atoms with Crippen molar-refractivity contribution < 1.29 is 57.2 Å². The molecule has 0 radical (unpaired) electrons. The van der Waals surface area contributed by atoms with Crippen molar-refractivity contribution in [1.29, 1.82) is 0 Å². The third-order valence-electron chi connectivity index (χ3n) is 5.29. The van der Waals surface area contributed by atoms with Crippen LogP contribution in [0.4, 0.5) is 0 Å². The van der Waals surface area contributed by atoms with Gasteiger partial charge in [0.25, 0.3) is 0 Å². The molecular formula is C30H40O12Si. The second-order valence-corrected chi connectivity index (χ2v) is 15.4. The number of ketones is 1. The van der Waals surface area contributed by atoms with E-state index in [1.54, 1.807) is 24.3 Å². The number of ether oxygens (including phenoxy) is 6. The lowest BCUT2D eigenvalue weighted by atomic mass is 9.97. The molecule has 0 aromatic heterocycles. The Morgan fingerprint density at radius 3 is 1.65 bits per heavy atom. The zero-order valence-corrected chi connectivity index (χ0v) is 26.8. The SMILES string of the molecule is CC(=O)OC[C@H](OC(C)=O)[C@H](OC(C)=O)[C@@H](OC(C)=O)[C@@H](CCC(=O)COc1ccc(C#C[Si](C)(C)C)cc1)OC(C)=O. The monoisotopic (exact) mass is 620 g/mol. The fourth-order valence-electron chi connectivity index (χ4n) is 3.64. The first-order valence-electron chi connectivity index (χ1n) is 13.6. The van der Waals surface area contributed by atoms with Gasteiger partial charge in [0.05, 0.1) is 0 Å². The number of Topliss-reactive ketones (excluding diaryl/α,β-unsaturated/α-hetero) is 1. The van der Waals surface area contributed by atoms with Gasteiger partial charge in [0.2, 0.25) is 0 Å². The molecule has 1 rings (SSSR count). The van der Waals surface area contributed by atoms with Crippen LogP contribution >= 0.6 is 0 Å². The molecule has 0 aliphatic heterocycles. The highest BCUT2D eigenvalue weighted by atomic mass is 28.3. The van der Waals surface area contributed by atoms with Gasteiger partial charge >= 0.3 is 29.8 Å². The van der Waals surface area contributed by atoms with Gasteiger partial charge in [-0.05, 0) is 30.7 Å². The second-order valence-electron chi connectivity index (χ2n) is 10.6. The standard InChI is InChI=1S/C30H40O12Si/c1-19(31)37-18-28(40-21(3)33)30(42-23(5)35)29(41-22(4)34)27(39-20(2)32)14-11-25(36)17-38-26-12-9-24(10-13-26)15-16-43(6,7)8/h9-10,12-13,27-30H,11,14,17-18H2,1-8H3/t27-,28+,29+,30+/m1/s1. The van der Waals surface area contributed by atoms with Crippen LogP contribution in [-0.2, 0) is 52.5 Å². The summed E-state index contributed by atoms with van der Waals surface area (Å²) < 4.78 is 31.9. The van der Waals surface area contributed by atoms with Gasteiger partial charge < -0.3 is 28.4 Å². The van der Waals surface area contributed by atoms with E-state index in [0.29, 0.717) is 5.75 Å². The van der Waals surface area contributed by atoms with E-state index < -0.39 is 68.9 Å². The summed E-state index contributed by atoms with van der Waals surface area (Å²) in [6.07, 6.45) is -6.24. The van der Waals surface area contributed by atoms with E-state index >= 15 is 0 Å². The van der Waals surface area contributed by atoms with Crippen molar-refractivity contribution in [3.05, 3.63) is 29.8 Å². The van der Waals surface area contributed by atoms with Crippen LogP contribution in [0.25, 0.3) is 0 Å². The fourth-order valence-corrected chi connectivity index (χ4v) is 4.16. The largest absolute Gasteiger partial charge is 0.486 e. The van der Waals surface area contributed by atoms with Gasteiger partial charge in [0.1, 0.15) is 33.1 Å². The number of benzene rings is 1. The highest BCUT2D eigenvalue weighted by molar-refractivity contribution is 6.83. The molecule has 13 heteroatoms. The van der Waals surface area contributed by atoms with Crippen LogP contribution < -0.4 is 4.74 Å². The Hall–Kier alpha value is -4.18. The molecule has 236 valence electrons. The average Bonchev–Trinajstić information content (AvgIpc) is 2.88. The fraction of sp³-hybridized carbons (Fsp3) is 0.533. The molecule has 0 saturated carbocycles. The van der Waals surface area contributed by atoms with Crippen LogP contribution in [0, 0.1) is 11.5 Å². The first-order valence-corrected chi connectivity index (χ1v) is 17.1. The zero-order valence-electron chi connectivity index (χ0n) is 25.8. The Balaban J connectivity index is 3.14. The van der Waals surface area contributed by atoms with E-state index in [2.05, 4.69) is 31.1 Å². The third-order valence-corrected chi connectivity index (χ3v) is 6.16. The molecule has 1 aromatic rings. The molecular weight excluding hydrogens is 580 g/mol. The molecule has 0 amide bonds. The second kappa shape index (κ2) is 17.7. The molecule has 12 nitrogen and oxygen atoms in total. The molecule has 0 fully saturated rings. The van der Waals surface area contributed by atoms with Crippen molar-refractivity contribution in [2.75, 3.05) is 13.2 Å². The minimum absolute atomic E-state index is 0.178. The lowest BCUT2D eigenvalue weighted by Gasteiger charge is -2.35. The van der Waals surface area contributed by atoms with Gasteiger partial charge in [-0.15, -0.1) is 5.54 Å². The summed E-state index contributed by atoms with van der Waals surface area (Å²) in [5.74, 6) is -0.819. The predicted molar refractivity (Wildman–Crippen MR) is 155 cm³/mol. The Labute approximate surface area is 252 Å². The Morgan fingerprint density at radius 2 is 1.19 bits per heavy atom. The molecule has 0 spiro atoms. The van der Waals surface area contributed by atoms with Gasteiger partial charge in [-0.3, -0.25) is 28.8 Å². The molecule has 1 aromatic carbocycles. The van der Waals surface area contributed by atoms with Crippen molar-refractivity contribution in [1.82, 2.24) is 0 Å². The van der Waals surface area contributed by atoms with E-state index in [0.717, 1.165) is 40.2 Å². The molecule has 0 aliphatic carbocycles. The van der Waals surface area contributed by atoms with E-state index in [1.807, 2.05) is 0 Å². The Bertz CT molecular complexity index is 1210. The maximum absolute atomic E-state index is 12.7. The van der Waals surface area contributed by atoms with Crippen LogP contribution in [-0.4, -0.2) is 81.3 Å². The van der Waals surface area contributed by atoms with E-state index in [4.69, 9.17) is 28.4 Å². The van der Waals surface area contributed by atoms with Crippen LogP contribution in [0.1, 0.15) is 53.0 Å². The summed E-state index contributed by atoms with van der Waals surface area (Å²) in [7, 11) is -1.53. The van der Waals surface area contributed by atoms with Gasteiger partial charge in [0.15, 0.2) is 24.1 Å². The number of hydrogen-bond donors (Lipinski definition) is 0. The average molecular weight is 621 g/mol. The van der Waals surface area contributed by atoms with Crippen molar-refractivity contribution in [2.45, 2.75) is 91.5 Å². The quantitative estimate of drug-likeness (QED) is 0.122. The smallest absolute Gasteiger partial charge is 0.303 e. The Kier molecular flexibility index (Phi) is 15.2. The molecule has 0 saturated heterocycles. The van der Waals surface area contributed by atoms with E-state index in [1.165, 1.54) is 0 Å². The topological polar surface area (TPSA) is 158 Å². The number of esters is 5. The molecule has 0 aliphatic rings. The summed E-state index contributed by atoms with van der Waals surface area (Å²) >= 11 is 0. The summed E-state index contributed by atoms with van der Waals surface area (Å²) in [6.45, 7) is 11.0. The molecule has 43 heavy (non-hydrogen) atoms. The normalized spacial score (nSPS) is 13.5. The first kappa shape index (κ1) is 36.8. The summed E-state index contributed by atoms with van der Waals surface area (Å²) in [5, 5.41) is 0. The maximum Gasteiger partial charge on any atom is 0.303 e. The lowest BCUT2D eigenvalue weighted by Crippen LogP contribution is -2.53. The summed E-state index contributed by atoms with van der Waals surface area (Å²) in [6, 6.07) is 6.97. The van der Waals surface area contributed by atoms with E-state index in [-0.39, 0.29) is 25.2 Å². The highest BCUT2D eigenvalue weighted by Crippen LogP contribution is 2.23. The van der Waals surface area contributed by atoms with Crippen LogP contribution in [0.3, 0.4) is 0 Å². The zero-order chi connectivity index (χ0) is 32.7. The minimum Gasteiger partial charge on any atom is -0.486 e. The van der Waals surface area contributed by atoms with Gasteiger partial charge in [-0.1, -0.05) is 25.6 Å². The maximum atomic E-state index is 12.7. The predicted octanol–water partition coefficient (Wildman–Crippen LogP) is 2.93. The Morgan fingerprint density at radius 1 is 0.698 bits per heavy atom. The molecule has 0 bridgehead atoms. The van der Waals surface area contributed by atoms with Gasteiger partial charge in [-0.2, -0.15) is 0 Å². The van der Waals surface area contributed by atoms with E-state index in [9.17, 15) is 28.8 Å². The van der Waals surface area contributed by atoms with Gasteiger partial charge in [-0.25, -0.2) is 0 Å². The highest BCUT2D eigenvalue weighted by Gasteiger charge is 2.43. The summed E-state index contributed by atoms with van der Waals surface area (Å²) in [5.41, 5.74) is 4.09. The number of hydrogen-bond acceptors (Lipinski definition) is 12. The van der Waals surface area contributed by atoms with Crippen LogP contribution in [0.5, 0.6) is 5.75 Å². The van der Waals surface area contributed by atoms with Crippen LogP contribution in [0.15, 0.2) is 24.3 Å². The third kappa shape index (κ3) is 16.1. The number of carbonyl (C=O) groups excluding carboxylic acids is 6. The van der Waals surface area contributed by atoms with Crippen LogP contribution in [0.2, 0.25) is 19.6 Å². The van der Waals surface area contributed by atoms with Crippen molar-refractivity contribution >= 4 is 43.7 Å². The molecule has 0 unspecified atom stereocenters. The van der Waals surface area contributed by atoms with Crippen molar-refractivity contribution in [2.24, 2.45) is 0 Å². The van der Waals surface area contributed by atoms with Gasteiger partial charge in [0, 0.05) is 46.6 Å². The minimum atomic E-state index is -1.57. The lowest BCUT2D eigenvalue weighted by molar-refractivity contribution is -0.203. The molecule has 0 heterocycles. The molecule has 4 atom stereocenters. The van der Waals surface area contributed by atoms with Crippen molar-refractivity contribution in [3.63, 3.8) is 0 Å². The van der Waals surface area contributed by atoms with Crippen molar-refractivity contribution in [3.8, 4) is 17.2 Å².